The Hall–Kier alpha value is 0.478. The molecule has 0 aliphatic heterocycles. The van der Waals surface area contributed by atoms with E-state index in [1.165, 1.54) is 0 Å². The van der Waals surface area contributed by atoms with E-state index in [-0.39, 0.29) is 0 Å². The molecule has 0 N–H and O–H groups in total. The average molecular weight is 264 g/mol. The van der Waals surface area contributed by atoms with Crippen molar-refractivity contribution in [3.05, 3.63) is 0 Å². The Morgan fingerprint density at radius 1 is 1.20 bits per heavy atom. The first kappa shape index (κ1) is 5.48. The van der Waals surface area contributed by atoms with Crippen LogP contribution in [0.3, 0.4) is 0 Å². The Balaban J connectivity index is 3.02. The molecule has 35 valence electrons. The molecule has 0 bridgehead atoms. The van der Waals surface area contributed by atoms with Gasteiger partial charge in [0.2, 0.25) is 0 Å². The van der Waals surface area contributed by atoms with Crippen LogP contribution < -0.4 is 0 Å². The second kappa shape index (κ2) is 1.29. The Morgan fingerprint density at radius 3 is 1.20 bits per heavy atom. The van der Waals surface area contributed by atoms with E-state index in [4.69, 9.17) is 0 Å². The van der Waals surface area contributed by atoms with E-state index >= 15 is 0 Å². The molecule has 0 saturated heterocycles. The fourth-order valence-electron chi connectivity index (χ4n) is 0. The van der Waals surface area contributed by atoms with Crippen LogP contribution in [-0.4, -0.2) is 4.57 Å². The second-order valence-corrected chi connectivity index (χ2v) is 1.68. The summed E-state index contributed by atoms with van der Waals surface area (Å²) in [7, 11) is 0. The van der Waals surface area contributed by atoms with Gasteiger partial charge in [0.25, 0.3) is 0 Å². The fraction of sp³-hybridized carbons (Fsp3) is 1.00. The molecule has 0 aromatic carbocycles. The van der Waals surface area contributed by atoms with E-state index in [9.17, 15) is 13.2 Å². The SMILES string of the molecule is F[C](F)(F)[Pt]. The molecule has 4 heteroatoms. The summed E-state index contributed by atoms with van der Waals surface area (Å²) in [5, 5.41) is 0. The average Bonchev–Trinajstić information content (AvgIpc) is 0.722. The molecule has 0 aliphatic carbocycles. The first-order chi connectivity index (χ1) is 2.00. The van der Waals surface area contributed by atoms with Crippen LogP contribution in [0.15, 0.2) is 0 Å². The normalized spacial score (nSPS) is 12.2. The molecule has 0 amide bonds. The summed E-state index contributed by atoms with van der Waals surface area (Å²) in [6.45, 7) is 0. The van der Waals surface area contributed by atoms with Crippen molar-refractivity contribution in [1.29, 1.82) is 0 Å². The number of hydrogen-bond donors (Lipinski definition) is 0. The van der Waals surface area contributed by atoms with Crippen molar-refractivity contribution in [2.45, 2.75) is 4.57 Å². The molecule has 0 nitrogen and oxygen atoms in total. The van der Waals surface area contributed by atoms with Gasteiger partial charge >= 0.3 is 37.6 Å². The Kier molecular flexibility index (Phi) is 1.41. The van der Waals surface area contributed by atoms with E-state index in [1.807, 2.05) is 0 Å². The van der Waals surface area contributed by atoms with Gasteiger partial charge in [-0.3, -0.25) is 0 Å². The van der Waals surface area contributed by atoms with Crippen molar-refractivity contribution < 1.29 is 33.0 Å². The summed E-state index contributed by atoms with van der Waals surface area (Å²) < 4.78 is 27.0. The van der Waals surface area contributed by atoms with Gasteiger partial charge < -0.3 is 0 Å². The van der Waals surface area contributed by atoms with Crippen LogP contribution in [-0.2, 0) is 19.8 Å². The monoisotopic (exact) mass is 264 g/mol. The summed E-state index contributed by atoms with van der Waals surface area (Å²) in [5.74, 6) is 0. The minimum atomic E-state index is -4.03. The van der Waals surface area contributed by atoms with Gasteiger partial charge in [0.15, 0.2) is 0 Å². The summed E-state index contributed by atoms with van der Waals surface area (Å²) in [5.41, 5.74) is 0. The van der Waals surface area contributed by atoms with Gasteiger partial charge in [-0.25, -0.2) is 0 Å². The van der Waals surface area contributed by atoms with Gasteiger partial charge in [0.1, 0.15) is 0 Å². The third kappa shape index (κ3) is 120. The van der Waals surface area contributed by atoms with Crippen molar-refractivity contribution >= 4 is 0 Å². The fourth-order valence-corrected chi connectivity index (χ4v) is 0. The van der Waals surface area contributed by atoms with Crippen molar-refractivity contribution in [1.82, 2.24) is 0 Å². The van der Waals surface area contributed by atoms with E-state index < -0.39 is 4.57 Å². The molecule has 0 aromatic heterocycles. The van der Waals surface area contributed by atoms with Crippen LogP contribution >= 0.6 is 0 Å². The molecule has 0 aromatic rings. The molecule has 0 fully saturated rings. The molecule has 0 aliphatic rings. The van der Waals surface area contributed by atoms with E-state index in [2.05, 4.69) is 0 Å². The molecular formula is CF3Pt. The quantitative estimate of drug-likeness (QED) is 0.613. The molecule has 0 spiro atoms. The third-order valence-corrected chi connectivity index (χ3v) is 0. The third-order valence-electron chi connectivity index (χ3n) is 0. The molecule has 0 saturated carbocycles. The van der Waals surface area contributed by atoms with Crippen LogP contribution in [0.2, 0.25) is 0 Å². The molecule has 0 heterocycles. The first-order valence-electron chi connectivity index (χ1n) is 0.725. The Labute approximate surface area is 38.3 Å². The van der Waals surface area contributed by atoms with E-state index in [0.717, 1.165) is 0 Å². The van der Waals surface area contributed by atoms with Crippen LogP contribution in [0.1, 0.15) is 0 Å². The summed E-state index contributed by atoms with van der Waals surface area (Å²) in [6, 6.07) is 0. The van der Waals surface area contributed by atoms with Crippen molar-refractivity contribution in [2.75, 3.05) is 0 Å². The van der Waals surface area contributed by atoms with Crippen molar-refractivity contribution in [3.8, 4) is 0 Å². The van der Waals surface area contributed by atoms with Gasteiger partial charge in [-0.1, -0.05) is 0 Å². The number of rotatable bonds is 0. The standard InChI is InChI=1S/CF3.Pt/c2-1(3)4;. The zero-order chi connectivity index (χ0) is 4.50. The zero-order valence-electron chi connectivity index (χ0n) is 1.95. The Bertz CT molecular complexity index is 22.4. The van der Waals surface area contributed by atoms with E-state index in [1.54, 1.807) is 0 Å². The number of halogens is 3. The van der Waals surface area contributed by atoms with Crippen molar-refractivity contribution in [3.63, 3.8) is 0 Å². The maximum atomic E-state index is 10.3. The minimum absolute atomic E-state index is 0.363. The zero-order valence-corrected chi connectivity index (χ0v) is 4.22. The summed E-state index contributed by atoms with van der Waals surface area (Å²) in [4.78, 5) is 0. The topological polar surface area (TPSA) is 0 Å². The molecular weight excluding hydrogens is 264 g/mol. The Morgan fingerprint density at radius 2 is 1.20 bits per heavy atom. The van der Waals surface area contributed by atoms with Crippen LogP contribution in [0.4, 0.5) is 13.2 Å². The second-order valence-electron chi connectivity index (χ2n) is 0.394. The van der Waals surface area contributed by atoms with E-state index in [0.29, 0.717) is 19.8 Å². The molecule has 0 radical (unpaired) electrons. The predicted octanol–water partition coefficient (Wildman–Crippen LogP) is 1.05. The summed E-state index contributed by atoms with van der Waals surface area (Å²) in [6.07, 6.45) is 0. The van der Waals surface area contributed by atoms with Gasteiger partial charge in [0, 0.05) is 0 Å². The first-order valence-corrected chi connectivity index (χ1v) is 1.86. The maximum absolute atomic E-state index is 10.3. The summed E-state index contributed by atoms with van der Waals surface area (Å²) >= 11 is 0.363. The molecule has 5 heavy (non-hydrogen) atoms. The molecule has 0 unspecified atom stereocenters. The van der Waals surface area contributed by atoms with Crippen LogP contribution in [0.25, 0.3) is 0 Å². The number of alkyl halides is 3. The van der Waals surface area contributed by atoms with Gasteiger partial charge in [-0.2, -0.15) is 0 Å². The van der Waals surface area contributed by atoms with Crippen LogP contribution in [0, 0.1) is 0 Å². The predicted molar refractivity (Wildman–Crippen MR) is 6.05 cm³/mol. The molecule has 0 rings (SSSR count). The van der Waals surface area contributed by atoms with Crippen molar-refractivity contribution in [2.24, 2.45) is 0 Å². The van der Waals surface area contributed by atoms with Gasteiger partial charge in [-0.15, -0.1) is 0 Å². The van der Waals surface area contributed by atoms with Gasteiger partial charge in [-0.05, 0) is 0 Å². The number of hydrogen-bond acceptors (Lipinski definition) is 0. The molecule has 0 atom stereocenters. The van der Waals surface area contributed by atoms with Gasteiger partial charge in [0.05, 0.1) is 0 Å². The van der Waals surface area contributed by atoms with Crippen LogP contribution in [0.5, 0.6) is 0 Å².